The summed E-state index contributed by atoms with van der Waals surface area (Å²) in [6.07, 6.45) is -0.0760. The highest BCUT2D eigenvalue weighted by Crippen LogP contribution is 2.31. The summed E-state index contributed by atoms with van der Waals surface area (Å²) in [5.74, 6) is 0.207. The monoisotopic (exact) mass is 325 g/mol. The molecule has 0 aromatic carbocycles. The van der Waals surface area contributed by atoms with Crippen LogP contribution >= 0.6 is 11.3 Å². The van der Waals surface area contributed by atoms with Gasteiger partial charge < -0.3 is 15.2 Å². The molecule has 22 heavy (non-hydrogen) atoms. The van der Waals surface area contributed by atoms with E-state index >= 15 is 0 Å². The highest BCUT2D eigenvalue weighted by Gasteiger charge is 2.18. The molecule has 0 aliphatic carbocycles. The molecule has 0 bridgehead atoms. The van der Waals surface area contributed by atoms with E-state index in [1.807, 2.05) is 17.8 Å². The Labute approximate surface area is 134 Å². The van der Waals surface area contributed by atoms with Gasteiger partial charge in [0.2, 0.25) is 0 Å². The van der Waals surface area contributed by atoms with Crippen LogP contribution in [0.4, 0.5) is 0 Å². The van der Waals surface area contributed by atoms with Gasteiger partial charge in [0, 0.05) is 26.1 Å². The Morgan fingerprint density at radius 1 is 1.55 bits per heavy atom. The van der Waals surface area contributed by atoms with Crippen LogP contribution in [0, 0.1) is 0 Å². The van der Waals surface area contributed by atoms with E-state index in [1.165, 1.54) is 11.3 Å². The lowest BCUT2D eigenvalue weighted by atomic mass is 10.1. The Bertz CT molecular complexity index is 648. The molecular formula is C15H23N3O3S. The van der Waals surface area contributed by atoms with Crippen LogP contribution < -0.4 is 5.32 Å². The molecule has 1 unspecified atom stereocenters. The molecule has 0 radical (unpaired) electrons. The molecule has 2 rings (SSSR count). The number of fused-ring (bicyclic) bond motifs is 1. The molecule has 2 aromatic rings. The molecule has 2 aromatic heterocycles. The molecule has 1 amide bonds. The van der Waals surface area contributed by atoms with Crippen LogP contribution in [0.2, 0.25) is 0 Å². The maximum absolute atomic E-state index is 12.2. The number of ether oxygens (including phenoxy) is 1. The standard InChI is InChI=1S/C15H23N3O3S/c1-9(2)13-11-7-12(22-15(11)18(3)17-13)14(20)16-6-5-10(19)8-21-4/h7,9-10,19H,5-6,8H2,1-4H3,(H,16,20). The first-order valence-corrected chi connectivity index (χ1v) is 8.17. The largest absolute Gasteiger partial charge is 0.391 e. The molecule has 7 heteroatoms. The number of hydrogen-bond acceptors (Lipinski definition) is 5. The molecule has 0 aliphatic heterocycles. The van der Waals surface area contributed by atoms with Crippen molar-refractivity contribution in [2.75, 3.05) is 20.3 Å². The number of thiophene rings is 1. The van der Waals surface area contributed by atoms with Crippen molar-refractivity contribution in [3.05, 3.63) is 16.6 Å². The second-order valence-corrected chi connectivity index (χ2v) is 6.68. The van der Waals surface area contributed by atoms with E-state index in [0.29, 0.717) is 23.8 Å². The van der Waals surface area contributed by atoms with Gasteiger partial charge in [0.15, 0.2) is 0 Å². The quantitative estimate of drug-likeness (QED) is 0.815. The first kappa shape index (κ1) is 16.9. The topological polar surface area (TPSA) is 76.4 Å². The predicted molar refractivity (Wildman–Crippen MR) is 87.5 cm³/mol. The van der Waals surface area contributed by atoms with Crippen molar-refractivity contribution in [2.24, 2.45) is 7.05 Å². The average molecular weight is 325 g/mol. The van der Waals surface area contributed by atoms with Gasteiger partial charge in [0.25, 0.3) is 5.91 Å². The van der Waals surface area contributed by atoms with Crippen molar-refractivity contribution in [2.45, 2.75) is 32.3 Å². The first-order valence-electron chi connectivity index (χ1n) is 7.35. The lowest BCUT2D eigenvalue weighted by Crippen LogP contribution is -2.27. The van der Waals surface area contributed by atoms with Gasteiger partial charge in [-0.1, -0.05) is 13.8 Å². The maximum atomic E-state index is 12.2. The SMILES string of the molecule is COCC(O)CCNC(=O)c1cc2c(C(C)C)nn(C)c2s1. The Morgan fingerprint density at radius 3 is 2.91 bits per heavy atom. The fourth-order valence-electron chi connectivity index (χ4n) is 2.32. The van der Waals surface area contributed by atoms with Crippen LogP contribution in [0.15, 0.2) is 6.07 Å². The number of carbonyl (C=O) groups excluding carboxylic acids is 1. The molecule has 6 nitrogen and oxygen atoms in total. The van der Waals surface area contributed by atoms with Crippen LogP contribution in [0.1, 0.15) is 41.6 Å². The number of aliphatic hydroxyl groups excluding tert-OH is 1. The van der Waals surface area contributed by atoms with E-state index in [-0.39, 0.29) is 12.5 Å². The fourth-order valence-corrected chi connectivity index (χ4v) is 3.32. The number of methoxy groups -OCH3 is 1. The minimum Gasteiger partial charge on any atom is -0.391 e. The van der Waals surface area contributed by atoms with Gasteiger partial charge in [0.05, 0.1) is 23.3 Å². The number of amides is 1. The zero-order valence-corrected chi connectivity index (χ0v) is 14.2. The van der Waals surface area contributed by atoms with Crippen LogP contribution in [-0.2, 0) is 11.8 Å². The van der Waals surface area contributed by atoms with E-state index in [4.69, 9.17) is 4.74 Å². The number of aromatic nitrogens is 2. The van der Waals surface area contributed by atoms with E-state index < -0.39 is 6.10 Å². The molecule has 2 heterocycles. The van der Waals surface area contributed by atoms with Crippen molar-refractivity contribution < 1.29 is 14.6 Å². The Balaban J connectivity index is 2.04. The summed E-state index contributed by atoms with van der Waals surface area (Å²) in [5.41, 5.74) is 1.02. The molecule has 0 aliphatic rings. The Hall–Kier alpha value is -1.44. The third-order valence-corrected chi connectivity index (χ3v) is 4.63. The van der Waals surface area contributed by atoms with Gasteiger partial charge in [-0.25, -0.2) is 0 Å². The number of nitrogens with zero attached hydrogens (tertiary/aromatic N) is 2. The third-order valence-electron chi connectivity index (χ3n) is 3.43. The van der Waals surface area contributed by atoms with Gasteiger partial charge in [0.1, 0.15) is 4.83 Å². The minimum atomic E-state index is -0.551. The normalized spacial score (nSPS) is 13.0. The number of aryl methyl sites for hydroxylation is 1. The summed E-state index contributed by atoms with van der Waals surface area (Å²) in [6.45, 7) is 4.89. The summed E-state index contributed by atoms with van der Waals surface area (Å²) < 4.78 is 6.68. The number of rotatable bonds is 7. The zero-order valence-electron chi connectivity index (χ0n) is 13.4. The smallest absolute Gasteiger partial charge is 0.261 e. The number of carbonyl (C=O) groups is 1. The minimum absolute atomic E-state index is 0.111. The second-order valence-electron chi connectivity index (χ2n) is 5.65. The number of aliphatic hydroxyl groups is 1. The van der Waals surface area contributed by atoms with E-state index in [2.05, 4.69) is 24.3 Å². The van der Waals surface area contributed by atoms with Gasteiger partial charge in [-0.05, 0) is 18.4 Å². The zero-order chi connectivity index (χ0) is 16.3. The van der Waals surface area contributed by atoms with Crippen LogP contribution in [0.3, 0.4) is 0 Å². The van der Waals surface area contributed by atoms with Gasteiger partial charge in [-0.3, -0.25) is 9.48 Å². The van der Waals surface area contributed by atoms with Gasteiger partial charge >= 0.3 is 0 Å². The van der Waals surface area contributed by atoms with Gasteiger partial charge in [-0.2, -0.15) is 5.10 Å². The van der Waals surface area contributed by atoms with Crippen molar-refractivity contribution >= 4 is 27.5 Å². The van der Waals surface area contributed by atoms with E-state index in [9.17, 15) is 9.90 Å². The summed E-state index contributed by atoms with van der Waals surface area (Å²) in [4.78, 5) is 13.9. The summed E-state index contributed by atoms with van der Waals surface area (Å²) in [7, 11) is 3.44. The maximum Gasteiger partial charge on any atom is 0.261 e. The average Bonchev–Trinajstić information content (AvgIpc) is 3.00. The van der Waals surface area contributed by atoms with Crippen molar-refractivity contribution in [3.63, 3.8) is 0 Å². The highest BCUT2D eigenvalue weighted by atomic mass is 32.1. The molecular weight excluding hydrogens is 302 g/mol. The lowest BCUT2D eigenvalue weighted by Gasteiger charge is -2.09. The summed E-state index contributed by atoms with van der Waals surface area (Å²) in [5, 5.41) is 17.9. The fraction of sp³-hybridized carbons (Fsp3) is 0.600. The third kappa shape index (κ3) is 3.66. The molecule has 122 valence electrons. The highest BCUT2D eigenvalue weighted by molar-refractivity contribution is 7.20. The molecule has 1 atom stereocenters. The second kappa shape index (κ2) is 7.21. The van der Waals surface area contributed by atoms with Crippen molar-refractivity contribution in [1.29, 1.82) is 0 Å². The van der Waals surface area contributed by atoms with Crippen LogP contribution in [-0.4, -0.2) is 47.2 Å². The van der Waals surface area contributed by atoms with Crippen LogP contribution in [0.5, 0.6) is 0 Å². The molecule has 0 fully saturated rings. The van der Waals surface area contributed by atoms with Crippen LogP contribution in [0.25, 0.3) is 10.2 Å². The lowest BCUT2D eigenvalue weighted by molar-refractivity contribution is 0.0588. The Morgan fingerprint density at radius 2 is 2.27 bits per heavy atom. The number of nitrogens with one attached hydrogen (secondary N) is 1. The van der Waals surface area contributed by atoms with E-state index in [0.717, 1.165) is 15.9 Å². The molecule has 0 spiro atoms. The van der Waals surface area contributed by atoms with Gasteiger partial charge in [-0.15, -0.1) is 11.3 Å². The van der Waals surface area contributed by atoms with Crippen molar-refractivity contribution in [1.82, 2.24) is 15.1 Å². The summed E-state index contributed by atoms with van der Waals surface area (Å²) in [6, 6.07) is 1.91. The molecule has 0 saturated carbocycles. The van der Waals surface area contributed by atoms with Crippen molar-refractivity contribution in [3.8, 4) is 0 Å². The van der Waals surface area contributed by atoms with E-state index in [1.54, 1.807) is 7.11 Å². The first-order chi connectivity index (χ1) is 10.4. The molecule has 0 saturated heterocycles. The predicted octanol–water partition coefficient (Wildman–Crippen LogP) is 1.89. The Kier molecular flexibility index (Phi) is 5.55. The number of hydrogen-bond donors (Lipinski definition) is 2. The summed E-state index contributed by atoms with van der Waals surface area (Å²) >= 11 is 1.44. The molecule has 2 N–H and O–H groups in total.